The molecule has 36 heavy (non-hydrogen) atoms. The Morgan fingerprint density at radius 3 is 2.42 bits per heavy atom. The number of aliphatic hydroxyl groups is 1. The smallest absolute Gasteiger partial charge is 0.408 e. The summed E-state index contributed by atoms with van der Waals surface area (Å²) in [7, 11) is -5.18. The van der Waals surface area contributed by atoms with Crippen molar-refractivity contribution in [3.05, 3.63) is 35.9 Å². The van der Waals surface area contributed by atoms with Crippen molar-refractivity contribution in [2.24, 2.45) is 11.8 Å². The highest BCUT2D eigenvalue weighted by Crippen LogP contribution is 2.42. The van der Waals surface area contributed by atoms with Crippen molar-refractivity contribution >= 4 is 28.0 Å². The minimum Gasteiger partial charge on any atom is -0.746 e. The lowest BCUT2D eigenvalue weighted by Crippen LogP contribution is -2.55. The lowest BCUT2D eigenvalue weighted by Gasteiger charge is -2.30. The second-order valence-electron chi connectivity index (χ2n) is 10.1. The molecule has 1 aliphatic heterocycles. The third-order valence-electron chi connectivity index (χ3n) is 6.47. The van der Waals surface area contributed by atoms with E-state index < -0.39 is 51.2 Å². The Morgan fingerprint density at radius 2 is 1.89 bits per heavy atom. The zero-order valence-electron chi connectivity index (χ0n) is 20.4. The number of rotatable bonds is 12. The van der Waals surface area contributed by atoms with Crippen molar-refractivity contribution in [2.45, 2.75) is 75.5 Å². The standard InChI is InChI=1S/C24H35N3O8S/c1-15(2)12-18(27-23(31)35-24(9-10-24)14-16-6-4-3-5-7-16)21(29)26-19(22(30)36(32,33)34)13-17-8-11-25-20(17)28/h3-7,15,17-19,22,30H,8-14H2,1-2H3,(H,25,28)(H,26,29)(H,27,31)(H,32,33,34)/p-1/t17-,18-,19-,22?/m0/s1. The second kappa shape index (κ2) is 11.6. The lowest BCUT2D eigenvalue weighted by atomic mass is 9.97. The molecule has 0 bridgehead atoms. The average molecular weight is 525 g/mol. The fourth-order valence-electron chi connectivity index (χ4n) is 4.40. The zero-order chi connectivity index (χ0) is 26.5. The van der Waals surface area contributed by atoms with Crippen LogP contribution in [0.5, 0.6) is 0 Å². The molecule has 2 fully saturated rings. The van der Waals surface area contributed by atoms with Gasteiger partial charge in [0.2, 0.25) is 11.8 Å². The maximum absolute atomic E-state index is 13.1. The quantitative estimate of drug-likeness (QED) is 0.290. The molecule has 12 heteroatoms. The Bertz CT molecular complexity index is 1040. The summed E-state index contributed by atoms with van der Waals surface area (Å²) in [5.41, 5.74) is -2.07. The number of hydrogen-bond acceptors (Lipinski definition) is 8. The molecule has 200 valence electrons. The molecular formula is C24H34N3O8S-. The van der Waals surface area contributed by atoms with Gasteiger partial charge >= 0.3 is 6.09 Å². The summed E-state index contributed by atoms with van der Waals surface area (Å²) in [6.07, 6.45) is 1.47. The van der Waals surface area contributed by atoms with E-state index in [1.54, 1.807) is 0 Å². The van der Waals surface area contributed by atoms with E-state index in [2.05, 4.69) is 16.0 Å². The Hall–Kier alpha value is -2.70. The van der Waals surface area contributed by atoms with E-state index in [4.69, 9.17) is 4.74 Å². The summed E-state index contributed by atoms with van der Waals surface area (Å²) in [6.45, 7) is 4.04. The molecule has 1 saturated carbocycles. The molecule has 4 atom stereocenters. The molecule has 0 aromatic heterocycles. The number of hydrogen-bond donors (Lipinski definition) is 4. The van der Waals surface area contributed by atoms with Gasteiger partial charge in [0.05, 0.1) is 6.04 Å². The van der Waals surface area contributed by atoms with E-state index in [1.165, 1.54) is 0 Å². The third kappa shape index (κ3) is 7.90. The first-order valence-corrected chi connectivity index (χ1v) is 13.6. The molecule has 11 nitrogen and oxygen atoms in total. The van der Waals surface area contributed by atoms with E-state index >= 15 is 0 Å². The van der Waals surface area contributed by atoms with Crippen LogP contribution >= 0.6 is 0 Å². The van der Waals surface area contributed by atoms with Gasteiger partial charge in [0.15, 0.2) is 5.44 Å². The van der Waals surface area contributed by atoms with Crippen LogP contribution in [0, 0.1) is 11.8 Å². The summed E-state index contributed by atoms with van der Waals surface area (Å²) in [4.78, 5) is 37.8. The largest absolute Gasteiger partial charge is 0.746 e. The summed E-state index contributed by atoms with van der Waals surface area (Å²) in [5.74, 6) is -1.83. The van der Waals surface area contributed by atoms with Crippen LogP contribution in [0.3, 0.4) is 0 Å². The molecule has 3 rings (SSSR count). The number of carbonyl (C=O) groups is 3. The average Bonchev–Trinajstić information content (AvgIpc) is 3.41. The van der Waals surface area contributed by atoms with E-state index in [0.29, 0.717) is 32.2 Å². The van der Waals surface area contributed by atoms with E-state index in [-0.39, 0.29) is 24.7 Å². The molecule has 1 unspecified atom stereocenters. The predicted octanol–water partition coefficient (Wildman–Crippen LogP) is 0.777. The maximum Gasteiger partial charge on any atom is 0.408 e. The first-order valence-electron chi connectivity index (χ1n) is 12.1. The normalized spacial score (nSPS) is 21.2. The van der Waals surface area contributed by atoms with E-state index in [1.807, 2.05) is 44.2 Å². The van der Waals surface area contributed by atoms with E-state index in [9.17, 15) is 32.5 Å². The Labute approximate surface area is 211 Å². The van der Waals surface area contributed by atoms with Gasteiger partial charge in [0, 0.05) is 18.9 Å². The van der Waals surface area contributed by atoms with Gasteiger partial charge in [-0.2, -0.15) is 0 Å². The molecule has 1 aromatic carbocycles. The van der Waals surface area contributed by atoms with Gasteiger partial charge in [0.1, 0.15) is 21.8 Å². The molecular weight excluding hydrogens is 490 g/mol. The van der Waals surface area contributed by atoms with Gasteiger partial charge in [0.25, 0.3) is 0 Å². The summed E-state index contributed by atoms with van der Waals surface area (Å²) < 4.78 is 40.2. The number of nitrogens with one attached hydrogen (secondary N) is 3. The first-order chi connectivity index (χ1) is 16.9. The third-order valence-corrected chi connectivity index (χ3v) is 7.39. The van der Waals surface area contributed by atoms with Crippen LogP contribution in [0.25, 0.3) is 0 Å². The number of benzene rings is 1. The maximum atomic E-state index is 13.1. The van der Waals surface area contributed by atoms with Crippen molar-refractivity contribution in [1.29, 1.82) is 0 Å². The predicted molar refractivity (Wildman–Crippen MR) is 128 cm³/mol. The van der Waals surface area contributed by atoms with Crippen LogP contribution in [0.2, 0.25) is 0 Å². The molecule has 0 spiro atoms. The first kappa shape index (κ1) is 27.9. The van der Waals surface area contributed by atoms with Gasteiger partial charge in [-0.15, -0.1) is 0 Å². The Morgan fingerprint density at radius 1 is 1.22 bits per heavy atom. The van der Waals surface area contributed by atoms with Crippen molar-refractivity contribution in [1.82, 2.24) is 16.0 Å². The number of carbonyl (C=O) groups excluding carboxylic acids is 3. The summed E-state index contributed by atoms with van der Waals surface area (Å²) >= 11 is 0. The minimum absolute atomic E-state index is 0.0347. The Kier molecular flexibility index (Phi) is 8.96. The van der Waals surface area contributed by atoms with Gasteiger partial charge < -0.3 is 30.3 Å². The van der Waals surface area contributed by atoms with Crippen LogP contribution in [0.1, 0.15) is 51.5 Å². The summed E-state index contributed by atoms with van der Waals surface area (Å²) in [5, 5.41) is 17.7. The van der Waals surface area contributed by atoms with Gasteiger partial charge in [-0.05, 0) is 43.6 Å². The van der Waals surface area contributed by atoms with Crippen molar-refractivity contribution in [3.8, 4) is 0 Å². The fourth-order valence-corrected chi connectivity index (χ4v) is 4.98. The number of aliphatic hydroxyl groups excluding tert-OH is 1. The second-order valence-corrected chi connectivity index (χ2v) is 11.5. The van der Waals surface area contributed by atoms with Gasteiger partial charge in [-0.25, -0.2) is 13.2 Å². The lowest BCUT2D eigenvalue weighted by molar-refractivity contribution is -0.126. The van der Waals surface area contributed by atoms with Crippen molar-refractivity contribution < 1.29 is 37.2 Å². The number of alkyl carbamates (subject to hydrolysis) is 1. The Balaban J connectivity index is 1.67. The minimum atomic E-state index is -5.18. The van der Waals surface area contributed by atoms with Crippen LogP contribution < -0.4 is 16.0 Å². The van der Waals surface area contributed by atoms with Crippen LogP contribution in [-0.2, 0) is 30.9 Å². The molecule has 1 aromatic rings. The monoisotopic (exact) mass is 524 g/mol. The number of ether oxygens (including phenoxy) is 1. The van der Waals surface area contributed by atoms with Gasteiger partial charge in [-0.1, -0.05) is 44.2 Å². The molecule has 0 radical (unpaired) electrons. The van der Waals surface area contributed by atoms with Crippen LogP contribution in [-0.4, -0.2) is 65.7 Å². The fraction of sp³-hybridized carbons (Fsp3) is 0.625. The molecule has 1 aliphatic carbocycles. The van der Waals surface area contributed by atoms with Crippen LogP contribution in [0.4, 0.5) is 4.79 Å². The van der Waals surface area contributed by atoms with Crippen molar-refractivity contribution in [2.75, 3.05) is 6.54 Å². The van der Waals surface area contributed by atoms with Gasteiger partial charge in [-0.3, -0.25) is 9.59 Å². The molecule has 2 aliphatic rings. The highest BCUT2D eigenvalue weighted by Gasteiger charge is 2.47. The topological polar surface area (TPSA) is 174 Å². The molecule has 1 heterocycles. The number of amides is 3. The SMILES string of the molecule is CC(C)C[C@H](NC(=O)OC1(Cc2ccccc2)CC1)C(=O)N[C@@H](C[C@@H]1CCNC1=O)C(O)S(=O)(=O)[O-]. The molecule has 4 N–H and O–H groups in total. The highest BCUT2D eigenvalue weighted by atomic mass is 32.2. The van der Waals surface area contributed by atoms with Crippen LogP contribution in [0.15, 0.2) is 30.3 Å². The van der Waals surface area contributed by atoms with Crippen molar-refractivity contribution in [3.63, 3.8) is 0 Å². The highest BCUT2D eigenvalue weighted by molar-refractivity contribution is 7.86. The zero-order valence-corrected chi connectivity index (χ0v) is 21.3. The molecule has 3 amide bonds. The van der Waals surface area contributed by atoms with E-state index in [0.717, 1.165) is 5.56 Å². The summed E-state index contributed by atoms with van der Waals surface area (Å²) in [6, 6.07) is 6.95. The molecule has 1 saturated heterocycles.